The maximum absolute atomic E-state index is 13.5. The lowest BCUT2D eigenvalue weighted by Crippen LogP contribution is -2.42. The Bertz CT molecular complexity index is 1550. The van der Waals surface area contributed by atoms with Crippen molar-refractivity contribution in [1.29, 1.82) is 5.26 Å². The van der Waals surface area contributed by atoms with Crippen LogP contribution >= 0.6 is 0 Å². The summed E-state index contributed by atoms with van der Waals surface area (Å²) in [7, 11) is -3.47. The van der Waals surface area contributed by atoms with Gasteiger partial charge in [-0.05, 0) is 56.2 Å². The van der Waals surface area contributed by atoms with Crippen LogP contribution in [0.5, 0.6) is 0 Å². The fourth-order valence-electron chi connectivity index (χ4n) is 3.78. The molecule has 0 aliphatic carbocycles. The average molecular weight is 511 g/mol. The Kier molecular flexibility index (Phi) is 6.36. The molecule has 0 spiro atoms. The number of aromatic nitrogens is 2. The van der Waals surface area contributed by atoms with Crippen LogP contribution in [0, 0.1) is 23.2 Å². The minimum absolute atomic E-state index is 0.0343. The molecule has 1 aliphatic rings. The Hall–Kier alpha value is -3.76. The predicted octanol–water partition coefficient (Wildman–Crippen LogP) is 3.94. The zero-order chi connectivity index (χ0) is 26.3. The molecular formula is C26H24F2N4O3S. The standard InChI is InChI=1S/C26H24F2N4O3S/c1-25(2,36(3,34)35)9-8-22-15-19-14-20(24(33)31-12-10-26(27,28)11-13-31)17-30-23(19)32(22)21-6-4-18(16-29)5-7-21/h4-7,14-15,17H,10-13H2,1-3H3. The Morgan fingerprint density at radius 1 is 1.14 bits per heavy atom. The Morgan fingerprint density at radius 3 is 2.36 bits per heavy atom. The first-order valence-electron chi connectivity index (χ1n) is 11.2. The molecule has 0 saturated carbocycles. The molecule has 4 rings (SSSR count). The maximum atomic E-state index is 13.5. The largest absolute Gasteiger partial charge is 0.338 e. The number of sulfone groups is 1. The number of rotatable bonds is 3. The van der Waals surface area contributed by atoms with Crippen molar-refractivity contribution < 1.29 is 22.0 Å². The number of nitriles is 1. The van der Waals surface area contributed by atoms with Crippen LogP contribution in [0.1, 0.15) is 48.3 Å². The smallest absolute Gasteiger partial charge is 0.255 e. The van der Waals surface area contributed by atoms with Crippen LogP contribution < -0.4 is 0 Å². The number of carbonyl (C=O) groups excluding carboxylic acids is 1. The fraction of sp³-hybridized carbons (Fsp3) is 0.346. The number of hydrogen-bond acceptors (Lipinski definition) is 5. The van der Waals surface area contributed by atoms with Gasteiger partial charge in [-0.3, -0.25) is 9.36 Å². The van der Waals surface area contributed by atoms with Crippen molar-refractivity contribution in [3.05, 3.63) is 59.4 Å². The molecule has 36 heavy (non-hydrogen) atoms. The molecular weight excluding hydrogens is 486 g/mol. The lowest BCUT2D eigenvalue weighted by Gasteiger charge is -2.31. The number of nitrogens with zero attached hydrogens (tertiary/aromatic N) is 4. The van der Waals surface area contributed by atoms with Crippen molar-refractivity contribution in [2.24, 2.45) is 0 Å². The van der Waals surface area contributed by atoms with Crippen molar-refractivity contribution >= 4 is 26.8 Å². The van der Waals surface area contributed by atoms with Crippen LogP contribution in [-0.2, 0) is 9.84 Å². The highest BCUT2D eigenvalue weighted by Gasteiger charge is 2.36. The van der Waals surface area contributed by atoms with E-state index in [0.29, 0.717) is 28.0 Å². The van der Waals surface area contributed by atoms with Gasteiger partial charge in [0.2, 0.25) is 0 Å². The molecule has 0 N–H and O–H groups in total. The molecule has 0 bridgehead atoms. The summed E-state index contributed by atoms with van der Waals surface area (Å²) in [5.41, 5.74) is 2.30. The van der Waals surface area contributed by atoms with Crippen LogP contribution in [0.25, 0.3) is 16.7 Å². The van der Waals surface area contributed by atoms with E-state index in [1.165, 1.54) is 24.9 Å². The van der Waals surface area contributed by atoms with Crippen molar-refractivity contribution in [3.8, 4) is 23.6 Å². The molecule has 7 nitrogen and oxygen atoms in total. The van der Waals surface area contributed by atoms with E-state index in [4.69, 9.17) is 5.26 Å². The monoisotopic (exact) mass is 510 g/mol. The van der Waals surface area contributed by atoms with E-state index in [0.717, 1.165) is 6.26 Å². The number of likely N-dealkylation sites (tertiary alicyclic amines) is 1. The van der Waals surface area contributed by atoms with E-state index in [1.807, 2.05) is 0 Å². The quantitative estimate of drug-likeness (QED) is 0.498. The van der Waals surface area contributed by atoms with Gasteiger partial charge in [0.1, 0.15) is 10.4 Å². The molecule has 186 valence electrons. The van der Waals surface area contributed by atoms with Crippen LogP contribution in [0.15, 0.2) is 42.6 Å². The van der Waals surface area contributed by atoms with Gasteiger partial charge in [-0.1, -0.05) is 5.92 Å². The topological polar surface area (TPSA) is 96.1 Å². The number of benzene rings is 1. The average Bonchev–Trinajstić information content (AvgIpc) is 3.19. The molecule has 0 unspecified atom stereocenters. The number of pyridine rings is 1. The van der Waals surface area contributed by atoms with Gasteiger partial charge in [-0.25, -0.2) is 22.2 Å². The van der Waals surface area contributed by atoms with E-state index in [1.54, 1.807) is 41.0 Å². The minimum Gasteiger partial charge on any atom is -0.338 e. The van der Waals surface area contributed by atoms with Crippen molar-refractivity contribution in [2.75, 3.05) is 19.3 Å². The van der Waals surface area contributed by atoms with Crippen LogP contribution in [0.3, 0.4) is 0 Å². The van der Waals surface area contributed by atoms with Crippen LogP contribution in [0.2, 0.25) is 0 Å². The highest BCUT2D eigenvalue weighted by molar-refractivity contribution is 7.92. The zero-order valence-corrected chi connectivity index (χ0v) is 20.9. The number of piperidine rings is 1. The number of halogens is 2. The molecule has 1 fully saturated rings. The SMILES string of the molecule is CC(C)(C#Cc1cc2cc(C(=O)N3CCC(F)(F)CC3)cnc2n1-c1ccc(C#N)cc1)S(C)(=O)=O. The molecule has 2 aromatic heterocycles. The highest BCUT2D eigenvalue weighted by Crippen LogP contribution is 2.29. The van der Waals surface area contributed by atoms with Gasteiger partial charge in [0.05, 0.1) is 22.9 Å². The molecule has 1 aromatic carbocycles. The van der Waals surface area contributed by atoms with Gasteiger partial charge in [0, 0.05) is 49.5 Å². The Balaban J connectivity index is 1.80. The number of alkyl halides is 2. The third kappa shape index (κ3) is 4.95. The summed E-state index contributed by atoms with van der Waals surface area (Å²) >= 11 is 0. The normalized spacial score (nSPS) is 15.7. The summed E-state index contributed by atoms with van der Waals surface area (Å²) in [5, 5.41) is 9.71. The summed E-state index contributed by atoms with van der Waals surface area (Å²) in [4.78, 5) is 18.8. The second-order valence-corrected chi connectivity index (χ2v) is 11.9. The summed E-state index contributed by atoms with van der Waals surface area (Å²) in [5.74, 6) is 2.63. The molecule has 1 aliphatic heterocycles. The summed E-state index contributed by atoms with van der Waals surface area (Å²) in [6.45, 7) is 2.96. The molecule has 3 aromatic rings. The third-order valence-electron chi connectivity index (χ3n) is 6.34. The lowest BCUT2D eigenvalue weighted by molar-refractivity contribution is -0.0494. The van der Waals surface area contributed by atoms with E-state index < -0.39 is 20.5 Å². The zero-order valence-electron chi connectivity index (χ0n) is 20.0. The minimum atomic E-state index is -3.47. The van der Waals surface area contributed by atoms with Gasteiger partial charge in [0.15, 0.2) is 9.84 Å². The number of hydrogen-bond donors (Lipinski definition) is 0. The summed E-state index contributed by atoms with van der Waals surface area (Å²) in [6, 6.07) is 12.1. The van der Waals surface area contributed by atoms with E-state index >= 15 is 0 Å². The van der Waals surface area contributed by atoms with Crippen LogP contribution in [-0.4, -0.2) is 58.8 Å². The molecule has 3 heterocycles. The van der Waals surface area contributed by atoms with Gasteiger partial charge in [0.25, 0.3) is 11.8 Å². The number of fused-ring (bicyclic) bond motifs is 1. The first-order chi connectivity index (χ1) is 16.8. The summed E-state index contributed by atoms with van der Waals surface area (Å²) < 4.78 is 51.7. The van der Waals surface area contributed by atoms with Gasteiger partial charge in [-0.2, -0.15) is 5.26 Å². The van der Waals surface area contributed by atoms with E-state index in [-0.39, 0.29) is 37.4 Å². The van der Waals surface area contributed by atoms with Crippen molar-refractivity contribution in [1.82, 2.24) is 14.5 Å². The Labute approximate surface area is 208 Å². The third-order valence-corrected chi connectivity index (χ3v) is 8.30. The highest BCUT2D eigenvalue weighted by atomic mass is 32.2. The van der Waals surface area contributed by atoms with Crippen molar-refractivity contribution in [2.45, 2.75) is 37.4 Å². The number of amides is 1. The van der Waals surface area contributed by atoms with Gasteiger partial charge >= 0.3 is 0 Å². The molecule has 1 saturated heterocycles. The Morgan fingerprint density at radius 2 is 1.78 bits per heavy atom. The first-order valence-corrected chi connectivity index (χ1v) is 13.1. The van der Waals surface area contributed by atoms with E-state index in [2.05, 4.69) is 22.9 Å². The van der Waals surface area contributed by atoms with Gasteiger partial charge < -0.3 is 4.90 Å². The fourth-order valence-corrected chi connectivity index (χ4v) is 4.01. The van der Waals surface area contributed by atoms with E-state index in [9.17, 15) is 22.0 Å². The molecule has 1 amide bonds. The first kappa shape index (κ1) is 25.3. The predicted molar refractivity (Wildman–Crippen MR) is 132 cm³/mol. The maximum Gasteiger partial charge on any atom is 0.255 e. The van der Waals surface area contributed by atoms with Crippen molar-refractivity contribution in [3.63, 3.8) is 0 Å². The second-order valence-electron chi connectivity index (χ2n) is 9.34. The molecule has 10 heteroatoms. The molecule has 0 radical (unpaired) electrons. The van der Waals surface area contributed by atoms with Crippen LogP contribution in [0.4, 0.5) is 8.78 Å². The lowest BCUT2D eigenvalue weighted by atomic mass is 10.1. The summed E-state index contributed by atoms with van der Waals surface area (Å²) in [6.07, 6.45) is 1.77. The second kappa shape index (κ2) is 9.03. The molecule has 0 atom stereocenters. The van der Waals surface area contributed by atoms with Gasteiger partial charge in [-0.15, -0.1) is 0 Å². The number of carbonyl (C=O) groups is 1.